The van der Waals surface area contributed by atoms with Gasteiger partial charge in [0, 0.05) is 11.6 Å². The van der Waals surface area contributed by atoms with Gasteiger partial charge in [-0.1, -0.05) is 12.1 Å². The number of phenolic OH excluding ortho intramolecular Hbond substituents is 1. The number of rotatable bonds is 2. The van der Waals surface area contributed by atoms with E-state index in [1.54, 1.807) is 6.07 Å². The highest BCUT2D eigenvalue weighted by molar-refractivity contribution is 6.06. The van der Waals surface area contributed by atoms with Crippen molar-refractivity contribution < 1.29 is 14.7 Å². The lowest BCUT2D eigenvalue weighted by molar-refractivity contribution is 0.211. The molecule has 1 aliphatic rings. The van der Waals surface area contributed by atoms with E-state index in [2.05, 4.69) is 5.16 Å². The van der Waals surface area contributed by atoms with E-state index in [0.29, 0.717) is 12.4 Å². The molecule has 0 atom stereocenters. The number of benzene rings is 1. The molecule has 0 fully saturated rings. The summed E-state index contributed by atoms with van der Waals surface area (Å²) in [5.41, 5.74) is 2.57. The summed E-state index contributed by atoms with van der Waals surface area (Å²) in [6.45, 7) is 2.39. The molecule has 80 valence electrons. The van der Waals surface area contributed by atoms with Crippen molar-refractivity contribution in [2.75, 3.05) is 13.7 Å². The van der Waals surface area contributed by atoms with Crippen LogP contribution in [0.25, 0.3) is 0 Å². The predicted octanol–water partition coefficient (Wildman–Crippen LogP) is 1.70. The van der Waals surface area contributed by atoms with Gasteiger partial charge in [-0.15, -0.1) is 0 Å². The van der Waals surface area contributed by atoms with E-state index in [4.69, 9.17) is 9.57 Å². The molecule has 0 saturated heterocycles. The van der Waals surface area contributed by atoms with Crippen molar-refractivity contribution in [3.8, 4) is 11.5 Å². The lowest BCUT2D eigenvalue weighted by Gasteiger charge is -2.04. The van der Waals surface area contributed by atoms with E-state index >= 15 is 0 Å². The van der Waals surface area contributed by atoms with Gasteiger partial charge >= 0.3 is 0 Å². The van der Waals surface area contributed by atoms with Crippen LogP contribution in [0.2, 0.25) is 0 Å². The smallest absolute Gasteiger partial charge is 0.134 e. The zero-order valence-electron chi connectivity index (χ0n) is 8.78. The quantitative estimate of drug-likeness (QED) is 0.751. The minimum atomic E-state index is 0.273. The molecule has 0 radical (unpaired) electrons. The molecule has 0 aromatic heterocycles. The maximum absolute atomic E-state index is 9.64. The fourth-order valence-electron chi connectivity index (χ4n) is 1.65. The van der Waals surface area contributed by atoms with Crippen LogP contribution < -0.4 is 4.74 Å². The van der Waals surface area contributed by atoms with E-state index in [1.807, 2.05) is 13.0 Å². The summed E-state index contributed by atoms with van der Waals surface area (Å²) in [4.78, 5) is 4.73. The molecule has 1 aromatic carbocycles. The molecule has 4 heteroatoms. The summed E-state index contributed by atoms with van der Waals surface area (Å²) in [7, 11) is 1.51. The Morgan fingerprint density at radius 1 is 1.53 bits per heavy atom. The van der Waals surface area contributed by atoms with Gasteiger partial charge in [0.05, 0.1) is 0 Å². The Balaban J connectivity index is 2.49. The normalized spacial score (nSPS) is 16.3. The van der Waals surface area contributed by atoms with Gasteiger partial charge in [0.1, 0.15) is 30.9 Å². The first kappa shape index (κ1) is 9.83. The van der Waals surface area contributed by atoms with Crippen LogP contribution >= 0.6 is 0 Å². The number of aromatic hydroxyl groups is 1. The second-order valence-corrected chi connectivity index (χ2v) is 3.34. The van der Waals surface area contributed by atoms with Crippen LogP contribution in [0.5, 0.6) is 11.5 Å². The molecule has 1 N–H and O–H groups in total. The Morgan fingerprint density at radius 3 is 3.00 bits per heavy atom. The third kappa shape index (κ3) is 1.63. The van der Waals surface area contributed by atoms with E-state index in [9.17, 15) is 5.11 Å². The highest BCUT2D eigenvalue weighted by atomic mass is 16.6. The summed E-state index contributed by atoms with van der Waals surface area (Å²) in [6.07, 6.45) is 0.777. The molecule has 0 saturated carbocycles. The van der Waals surface area contributed by atoms with Crippen LogP contribution in [0.1, 0.15) is 18.1 Å². The number of oxime groups is 1. The number of hydrogen-bond donors (Lipinski definition) is 1. The molecule has 1 aromatic rings. The summed E-state index contributed by atoms with van der Waals surface area (Å²) in [5.74, 6) is 0.940. The summed E-state index contributed by atoms with van der Waals surface area (Å²) in [6, 6.07) is 3.53. The molecule has 0 bridgehead atoms. The second kappa shape index (κ2) is 3.81. The van der Waals surface area contributed by atoms with Crippen LogP contribution in [0.4, 0.5) is 0 Å². The van der Waals surface area contributed by atoms with E-state index < -0.39 is 0 Å². The zero-order valence-corrected chi connectivity index (χ0v) is 8.78. The predicted molar refractivity (Wildman–Crippen MR) is 56.5 cm³/mol. The van der Waals surface area contributed by atoms with Gasteiger partial charge in [-0.2, -0.15) is 0 Å². The average molecular weight is 207 g/mol. The van der Waals surface area contributed by atoms with Gasteiger partial charge < -0.3 is 14.7 Å². The van der Waals surface area contributed by atoms with Crippen molar-refractivity contribution in [3.05, 3.63) is 23.3 Å². The van der Waals surface area contributed by atoms with Crippen molar-refractivity contribution >= 4 is 5.71 Å². The minimum Gasteiger partial charge on any atom is -0.508 e. The summed E-state index contributed by atoms with van der Waals surface area (Å²) in [5, 5.41) is 13.5. The lowest BCUT2D eigenvalue weighted by atomic mass is 10.0. The third-order valence-electron chi connectivity index (χ3n) is 2.44. The van der Waals surface area contributed by atoms with E-state index in [0.717, 1.165) is 23.3 Å². The first-order valence-electron chi connectivity index (χ1n) is 4.85. The van der Waals surface area contributed by atoms with Crippen LogP contribution in [-0.2, 0) is 11.3 Å². The van der Waals surface area contributed by atoms with Crippen LogP contribution in [0.15, 0.2) is 17.3 Å². The summed E-state index contributed by atoms with van der Waals surface area (Å²) < 4.78 is 5.37. The van der Waals surface area contributed by atoms with Gasteiger partial charge in [0.15, 0.2) is 0 Å². The molecule has 1 aliphatic heterocycles. The minimum absolute atomic E-state index is 0.273. The first-order chi connectivity index (χ1) is 7.26. The van der Waals surface area contributed by atoms with Crippen molar-refractivity contribution in [2.24, 2.45) is 5.16 Å². The maximum Gasteiger partial charge on any atom is 0.134 e. The number of aryl methyl sites for hydroxylation is 1. The van der Waals surface area contributed by atoms with Gasteiger partial charge in [-0.3, -0.25) is 0 Å². The van der Waals surface area contributed by atoms with E-state index in [1.165, 1.54) is 7.11 Å². The molecular weight excluding hydrogens is 194 g/mol. The van der Waals surface area contributed by atoms with Crippen LogP contribution in [0.3, 0.4) is 0 Å². The number of fused-ring (bicyclic) bond motifs is 1. The third-order valence-corrected chi connectivity index (χ3v) is 2.44. The first-order valence-corrected chi connectivity index (χ1v) is 4.85. The van der Waals surface area contributed by atoms with Crippen molar-refractivity contribution in [3.63, 3.8) is 0 Å². The van der Waals surface area contributed by atoms with Gasteiger partial charge in [-0.05, 0) is 18.1 Å². The number of ether oxygens (including phenoxy) is 1. The molecule has 0 unspecified atom stereocenters. The average Bonchev–Trinajstić information content (AvgIpc) is 2.60. The lowest BCUT2D eigenvalue weighted by Crippen LogP contribution is -2.02. The Kier molecular flexibility index (Phi) is 2.49. The molecule has 2 rings (SSSR count). The molecule has 4 nitrogen and oxygen atoms in total. The maximum atomic E-state index is 9.64. The van der Waals surface area contributed by atoms with Gasteiger partial charge in [0.2, 0.25) is 0 Å². The summed E-state index contributed by atoms with van der Waals surface area (Å²) >= 11 is 0. The molecule has 0 amide bonds. The van der Waals surface area contributed by atoms with E-state index in [-0.39, 0.29) is 5.75 Å². The fraction of sp³-hybridized carbons (Fsp3) is 0.364. The second-order valence-electron chi connectivity index (χ2n) is 3.34. The fourth-order valence-corrected chi connectivity index (χ4v) is 1.65. The molecular formula is C11H13NO3. The highest BCUT2D eigenvalue weighted by Crippen LogP contribution is 2.32. The Labute approximate surface area is 88.1 Å². The van der Waals surface area contributed by atoms with Crippen LogP contribution in [-0.4, -0.2) is 24.5 Å². The Morgan fingerprint density at radius 2 is 2.33 bits per heavy atom. The molecule has 15 heavy (non-hydrogen) atoms. The topological polar surface area (TPSA) is 51.0 Å². The number of phenols is 1. The Bertz CT molecular complexity index is 413. The number of hydrogen-bond acceptors (Lipinski definition) is 4. The molecule has 0 spiro atoms. The van der Waals surface area contributed by atoms with Crippen molar-refractivity contribution in [1.29, 1.82) is 0 Å². The van der Waals surface area contributed by atoms with Gasteiger partial charge in [0.25, 0.3) is 0 Å². The van der Waals surface area contributed by atoms with Crippen LogP contribution in [0, 0.1) is 0 Å². The zero-order chi connectivity index (χ0) is 10.8. The molecule has 0 aliphatic carbocycles. The Hall–Kier alpha value is -1.71. The standard InChI is InChI=1S/C11H13NO3/c1-3-7-4-8-9(12-14-2)6-15-11(8)5-10(7)13/h4-5,13H,3,6H2,1-2H3. The van der Waals surface area contributed by atoms with Gasteiger partial charge in [-0.25, -0.2) is 0 Å². The van der Waals surface area contributed by atoms with Crippen molar-refractivity contribution in [1.82, 2.24) is 0 Å². The highest BCUT2D eigenvalue weighted by Gasteiger charge is 2.22. The monoisotopic (exact) mass is 207 g/mol. The SMILES string of the molecule is CCc1cc2c(cc1O)OCC2=NOC. The molecule has 1 heterocycles. The number of nitrogens with zero attached hydrogens (tertiary/aromatic N) is 1. The largest absolute Gasteiger partial charge is 0.508 e. The van der Waals surface area contributed by atoms with Crippen molar-refractivity contribution in [2.45, 2.75) is 13.3 Å².